The maximum Gasteiger partial charge on any atom is 0.241 e. The van der Waals surface area contributed by atoms with Gasteiger partial charge < -0.3 is 9.64 Å². The molecule has 2 fully saturated rings. The molecule has 0 aromatic heterocycles. The number of amides is 1. The molecule has 2 aliphatic rings. The summed E-state index contributed by atoms with van der Waals surface area (Å²) in [6, 6.07) is 6.17. The van der Waals surface area contributed by atoms with Crippen LogP contribution in [0.4, 0.5) is 4.39 Å². The summed E-state index contributed by atoms with van der Waals surface area (Å²) >= 11 is 0. The molecule has 1 aromatic carbocycles. The second-order valence-corrected chi connectivity index (χ2v) is 5.52. The molecule has 0 aliphatic carbocycles. The monoisotopic (exact) mass is 278 g/mol. The number of ether oxygens (including phenoxy) is 1. The SMILES string of the molecule is CC1NC(c2ccc(F)cc2)N(C2CCOC2C)C1=O. The minimum atomic E-state index is -0.268. The van der Waals surface area contributed by atoms with Crippen LogP contribution in [0.3, 0.4) is 0 Å². The lowest BCUT2D eigenvalue weighted by Gasteiger charge is -2.32. The van der Waals surface area contributed by atoms with E-state index in [1.807, 2.05) is 18.7 Å². The fourth-order valence-electron chi connectivity index (χ4n) is 3.08. The number of hydrogen-bond donors (Lipinski definition) is 1. The van der Waals surface area contributed by atoms with Crippen molar-refractivity contribution in [2.75, 3.05) is 6.61 Å². The smallest absolute Gasteiger partial charge is 0.241 e. The lowest BCUT2D eigenvalue weighted by atomic mass is 10.1. The fraction of sp³-hybridized carbons (Fsp3) is 0.533. The molecular weight excluding hydrogens is 259 g/mol. The normalized spacial score (nSPS) is 34.0. The third-order valence-corrected chi connectivity index (χ3v) is 4.19. The Bertz CT molecular complexity index is 505. The molecule has 0 spiro atoms. The molecule has 3 rings (SSSR count). The van der Waals surface area contributed by atoms with Crippen LogP contribution >= 0.6 is 0 Å². The van der Waals surface area contributed by atoms with Gasteiger partial charge in [-0.2, -0.15) is 0 Å². The van der Waals surface area contributed by atoms with Crippen molar-refractivity contribution in [2.24, 2.45) is 0 Å². The topological polar surface area (TPSA) is 41.6 Å². The van der Waals surface area contributed by atoms with Crippen molar-refractivity contribution in [3.05, 3.63) is 35.6 Å². The van der Waals surface area contributed by atoms with Gasteiger partial charge in [0.2, 0.25) is 5.91 Å². The number of carbonyl (C=O) groups excluding carboxylic acids is 1. The Hall–Kier alpha value is -1.46. The molecule has 1 aromatic rings. The highest BCUT2D eigenvalue weighted by Gasteiger charge is 2.44. The molecular formula is C15H19FN2O2. The van der Waals surface area contributed by atoms with Gasteiger partial charge in [-0.3, -0.25) is 10.1 Å². The minimum Gasteiger partial charge on any atom is -0.376 e. The van der Waals surface area contributed by atoms with Crippen LogP contribution in [0.5, 0.6) is 0 Å². The number of rotatable bonds is 2. The molecule has 5 heteroatoms. The standard InChI is InChI=1S/C15H19FN2O2/c1-9-15(19)18(13-7-8-20-10(13)2)14(17-9)11-3-5-12(16)6-4-11/h3-6,9-10,13-14,17H,7-8H2,1-2H3. The van der Waals surface area contributed by atoms with Gasteiger partial charge in [0.25, 0.3) is 0 Å². The van der Waals surface area contributed by atoms with Gasteiger partial charge in [0, 0.05) is 6.61 Å². The summed E-state index contributed by atoms with van der Waals surface area (Å²) in [7, 11) is 0. The third-order valence-electron chi connectivity index (χ3n) is 4.19. The molecule has 1 N–H and O–H groups in total. The number of halogens is 1. The summed E-state index contributed by atoms with van der Waals surface area (Å²) in [6.07, 6.45) is 0.681. The van der Waals surface area contributed by atoms with Gasteiger partial charge in [-0.25, -0.2) is 4.39 Å². The Balaban J connectivity index is 1.91. The van der Waals surface area contributed by atoms with Crippen molar-refractivity contribution in [1.29, 1.82) is 0 Å². The van der Waals surface area contributed by atoms with E-state index in [1.165, 1.54) is 12.1 Å². The van der Waals surface area contributed by atoms with Crippen molar-refractivity contribution in [3.63, 3.8) is 0 Å². The van der Waals surface area contributed by atoms with Crippen LogP contribution in [-0.4, -0.2) is 35.6 Å². The highest BCUT2D eigenvalue weighted by molar-refractivity contribution is 5.84. The number of benzene rings is 1. The Morgan fingerprint density at radius 3 is 2.60 bits per heavy atom. The van der Waals surface area contributed by atoms with E-state index in [2.05, 4.69) is 5.32 Å². The lowest BCUT2D eigenvalue weighted by Crippen LogP contribution is -2.43. The first-order chi connectivity index (χ1) is 9.58. The van der Waals surface area contributed by atoms with Gasteiger partial charge >= 0.3 is 0 Å². The zero-order valence-corrected chi connectivity index (χ0v) is 11.7. The average Bonchev–Trinajstić information content (AvgIpc) is 2.96. The highest BCUT2D eigenvalue weighted by Crippen LogP contribution is 2.32. The van der Waals surface area contributed by atoms with E-state index in [4.69, 9.17) is 4.74 Å². The summed E-state index contributed by atoms with van der Waals surface area (Å²) in [6.45, 7) is 4.54. The van der Waals surface area contributed by atoms with Crippen molar-refractivity contribution >= 4 is 5.91 Å². The van der Waals surface area contributed by atoms with Gasteiger partial charge in [-0.15, -0.1) is 0 Å². The lowest BCUT2D eigenvalue weighted by molar-refractivity contribution is -0.133. The van der Waals surface area contributed by atoms with Crippen molar-refractivity contribution in [2.45, 2.75) is 44.6 Å². The summed E-state index contributed by atoms with van der Waals surface area (Å²) < 4.78 is 18.6. The van der Waals surface area contributed by atoms with E-state index in [9.17, 15) is 9.18 Å². The zero-order chi connectivity index (χ0) is 14.3. The Morgan fingerprint density at radius 1 is 1.30 bits per heavy atom. The first-order valence-electron chi connectivity index (χ1n) is 7.03. The van der Waals surface area contributed by atoms with Gasteiger partial charge in [0.05, 0.1) is 18.2 Å². The largest absolute Gasteiger partial charge is 0.376 e. The molecule has 2 aliphatic heterocycles. The van der Waals surface area contributed by atoms with Crippen LogP contribution in [0.1, 0.15) is 32.0 Å². The number of nitrogens with one attached hydrogen (secondary N) is 1. The number of nitrogens with zero attached hydrogens (tertiary/aromatic N) is 1. The molecule has 1 amide bonds. The highest BCUT2D eigenvalue weighted by atomic mass is 19.1. The molecule has 2 saturated heterocycles. The van der Waals surface area contributed by atoms with Gasteiger partial charge in [0.15, 0.2) is 0 Å². The quantitative estimate of drug-likeness (QED) is 0.897. The molecule has 4 nitrogen and oxygen atoms in total. The maximum atomic E-state index is 13.1. The summed E-state index contributed by atoms with van der Waals surface area (Å²) in [5.41, 5.74) is 0.906. The van der Waals surface area contributed by atoms with Crippen LogP contribution in [0, 0.1) is 5.82 Å². The number of hydrogen-bond acceptors (Lipinski definition) is 3. The molecule has 0 bridgehead atoms. The minimum absolute atomic E-state index is 0.0361. The van der Waals surface area contributed by atoms with Crippen LogP contribution in [0.25, 0.3) is 0 Å². The van der Waals surface area contributed by atoms with E-state index in [0.29, 0.717) is 6.61 Å². The maximum absolute atomic E-state index is 13.1. The Labute approximate surface area is 117 Å². The molecule has 2 heterocycles. The molecule has 0 radical (unpaired) electrons. The Morgan fingerprint density at radius 2 is 2.00 bits per heavy atom. The molecule has 0 saturated carbocycles. The molecule has 4 atom stereocenters. The summed E-state index contributed by atoms with van der Waals surface area (Å²) in [5.74, 6) is -0.183. The van der Waals surface area contributed by atoms with E-state index in [0.717, 1.165) is 12.0 Å². The van der Waals surface area contributed by atoms with Gasteiger partial charge in [0.1, 0.15) is 12.0 Å². The van der Waals surface area contributed by atoms with E-state index < -0.39 is 0 Å². The second kappa shape index (κ2) is 5.14. The first-order valence-corrected chi connectivity index (χ1v) is 7.03. The van der Waals surface area contributed by atoms with Crippen molar-refractivity contribution < 1.29 is 13.9 Å². The zero-order valence-electron chi connectivity index (χ0n) is 11.7. The molecule has 4 unspecified atom stereocenters. The van der Waals surface area contributed by atoms with E-state index >= 15 is 0 Å². The predicted molar refractivity (Wildman–Crippen MR) is 72.4 cm³/mol. The van der Waals surface area contributed by atoms with E-state index in [-0.39, 0.29) is 36.1 Å². The van der Waals surface area contributed by atoms with E-state index in [1.54, 1.807) is 12.1 Å². The molecule has 20 heavy (non-hydrogen) atoms. The summed E-state index contributed by atoms with van der Waals surface area (Å²) in [5, 5.41) is 3.29. The van der Waals surface area contributed by atoms with Crippen LogP contribution in [0.15, 0.2) is 24.3 Å². The van der Waals surface area contributed by atoms with Crippen LogP contribution < -0.4 is 5.32 Å². The van der Waals surface area contributed by atoms with Crippen LogP contribution in [0.2, 0.25) is 0 Å². The van der Waals surface area contributed by atoms with Gasteiger partial charge in [-0.05, 0) is 38.0 Å². The first kappa shape index (κ1) is 13.5. The molecule has 108 valence electrons. The Kier molecular flexibility index (Phi) is 3.48. The predicted octanol–water partition coefficient (Wildman–Crippen LogP) is 1.82. The summed E-state index contributed by atoms with van der Waals surface area (Å²) in [4.78, 5) is 14.3. The second-order valence-electron chi connectivity index (χ2n) is 5.52. The van der Waals surface area contributed by atoms with Crippen molar-refractivity contribution in [3.8, 4) is 0 Å². The number of carbonyl (C=O) groups is 1. The van der Waals surface area contributed by atoms with Gasteiger partial charge in [-0.1, -0.05) is 12.1 Å². The average molecular weight is 278 g/mol. The van der Waals surface area contributed by atoms with Crippen molar-refractivity contribution in [1.82, 2.24) is 10.2 Å². The fourth-order valence-corrected chi connectivity index (χ4v) is 3.08. The third kappa shape index (κ3) is 2.21. The van der Waals surface area contributed by atoms with Crippen LogP contribution in [-0.2, 0) is 9.53 Å².